The highest BCUT2D eigenvalue weighted by Gasteiger charge is 2.02. The number of hydrogen-bond donors (Lipinski definition) is 2. The summed E-state index contributed by atoms with van der Waals surface area (Å²) in [6.07, 6.45) is 3.59. The van der Waals surface area contributed by atoms with Gasteiger partial charge in [0.15, 0.2) is 0 Å². The molecule has 3 heteroatoms. The number of aromatic nitrogens is 1. The van der Waals surface area contributed by atoms with Crippen LogP contribution in [0, 0.1) is 0 Å². The maximum absolute atomic E-state index is 5.88. The third-order valence-electron chi connectivity index (χ3n) is 2.51. The number of nitrogen functional groups attached to an aromatic ring is 1. The van der Waals surface area contributed by atoms with Gasteiger partial charge in [0, 0.05) is 35.9 Å². The van der Waals surface area contributed by atoms with E-state index in [1.165, 1.54) is 0 Å². The topological polar surface area (TPSA) is 50.9 Å². The third-order valence-corrected chi connectivity index (χ3v) is 2.51. The Balaban J connectivity index is 2.01. The minimum atomic E-state index is 0.695. The number of benzene rings is 1. The van der Waals surface area contributed by atoms with Crippen molar-refractivity contribution in [1.29, 1.82) is 0 Å². The molecule has 0 radical (unpaired) electrons. The number of hydrogen-bond acceptors (Lipinski definition) is 3. The lowest BCUT2D eigenvalue weighted by Crippen LogP contribution is -2.12. The minimum absolute atomic E-state index is 0.695. The van der Waals surface area contributed by atoms with Crippen LogP contribution in [0.2, 0.25) is 0 Å². The van der Waals surface area contributed by atoms with Gasteiger partial charge in [0.1, 0.15) is 0 Å². The highest BCUT2D eigenvalue weighted by Crippen LogP contribution is 2.17. The fourth-order valence-electron chi connectivity index (χ4n) is 1.58. The first-order chi connectivity index (χ1) is 8.27. The van der Waals surface area contributed by atoms with E-state index in [0.29, 0.717) is 6.54 Å². The van der Waals surface area contributed by atoms with Crippen LogP contribution in [0.4, 0.5) is 5.69 Å². The van der Waals surface area contributed by atoms with Crippen molar-refractivity contribution in [3.05, 3.63) is 66.5 Å². The molecule has 1 aromatic carbocycles. The molecule has 0 saturated carbocycles. The summed E-state index contributed by atoms with van der Waals surface area (Å²) in [6, 6.07) is 11.6. The molecule has 0 fully saturated rings. The van der Waals surface area contributed by atoms with Crippen molar-refractivity contribution in [2.75, 3.05) is 5.73 Å². The fourth-order valence-corrected chi connectivity index (χ4v) is 1.58. The molecule has 0 atom stereocenters. The molecule has 1 aromatic heterocycles. The highest BCUT2D eigenvalue weighted by atomic mass is 14.9. The van der Waals surface area contributed by atoms with E-state index in [0.717, 1.165) is 22.5 Å². The molecule has 0 aliphatic heterocycles. The minimum Gasteiger partial charge on any atom is -0.398 e. The lowest BCUT2D eigenvalue weighted by atomic mass is 10.1. The number of pyridine rings is 1. The second-order valence-corrected chi connectivity index (χ2v) is 3.78. The van der Waals surface area contributed by atoms with Gasteiger partial charge in [-0.3, -0.25) is 4.98 Å². The average Bonchev–Trinajstić information content (AvgIpc) is 2.38. The maximum atomic E-state index is 5.88. The van der Waals surface area contributed by atoms with E-state index in [-0.39, 0.29) is 0 Å². The summed E-state index contributed by atoms with van der Waals surface area (Å²) in [5.41, 5.74) is 9.49. The SMILES string of the molecule is C=C(NCc1cccnc1)c1ccccc1N. The zero-order chi connectivity index (χ0) is 12.1. The van der Waals surface area contributed by atoms with E-state index in [9.17, 15) is 0 Å². The van der Waals surface area contributed by atoms with E-state index >= 15 is 0 Å². The molecule has 0 aliphatic rings. The molecule has 17 heavy (non-hydrogen) atoms. The van der Waals surface area contributed by atoms with E-state index in [4.69, 9.17) is 5.73 Å². The van der Waals surface area contributed by atoms with Crippen LogP contribution in [0.25, 0.3) is 5.70 Å². The Morgan fingerprint density at radius 3 is 2.76 bits per heavy atom. The third kappa shape index (κ3) is 2.84. The lowest BCUT2D eigenvalue weighted by Gasteiger charge is -2.11. The van der Waals surface area contributed by atoms with Gasteiger partial charge in [-0.25, -0.2) is 0 Å². The molecular weight excluding hydrogens is 210 g/mol. The Labute approximate surface area is 101 Å². The quantitative estimate of drug-likeness (QED) is 0.786. The standard InChI is InChI=1S/C14H15N3/c1-11(13-6-2-3-7-14(13)15)17-10-12-5-4-8-16-9-12/h2-9,17H,1,10,15H2. The van der Waals surface area contributed by atoms with Crippen LogP contribution >= 0.6 is 0 Å². The van der Waals surface area contributed by atoms with Crippen molar-refractivity contribution in [1.82, 2.24) is 10.3 Å². The predicted molar refractivity (Wildman–Crippen MR) is 71.0 cm³/mol. The molecule has 0 spiro atoms. The molecule has 0 amide bonds. The van der Waals surface area contributed by atoms with Crippen LogP contribution in [0.15, 0.2) is 55.4 Å². The number of nitrogens with zero attached hydrogens (tertiary/aromatic N) is 1. The number of nitrogens with two attached hydrogens (primary N) is 1. The molecule has 0 aliphatic carbocycles. The zero-order valence-corrected chi connectivity index (χ0v) is 9.56. The van der Waals surface area contributed by atoms with Gasteiger partial charge in [0.05, 0.1) is 0 Å². The maximum Gasteiger partial charge on any atom is 0.0416 e. The van der Waals surface area contributed by atoms with Crippen molar-refractivity contribution < 1.29 is 0 Å². The molecule has 2 aromatic rings. The zero-order valence-electron chi connectivity index (χ0n) is 9.56. The summed E-state index contributed by atoms with van der Waals surface area (Å²) in [7, 11) is 0. The largest absolute Gasteiger partial charge is 0.398 e. The number of nitrogens with one attached hydrogen (secondary N) is 1. The van der Waals surface area contributed by atoms with Crippen LogP contribution in [0.3, 0.4) is 0 Å². The average molecular weight is 225 g/mol. The molecule has 0 unspecified atom stereocenters. The van der Waals surface area contributed by atoms with E-state index in [1.54, 1.807) is 6.20 Å². The molecule has 86 valence electrons. The Kier molecular flexibility index (Phi) is 3.40. The van der Waals surface area contributed by atoms with Crippen molar-refractivity contribution in [2.24, 2.45) is 0 Å². The lowest BCUT2D eigenvalue weighted by molar-refractivity contribution is 0.885. The fraction of sp³-hybridized carbons (Fsp3) is 0.0714. The van der Waals surface area contributed by atoms with Crippen LogP contribution in [-0.2, 0) is 6.54 Å². The van der Waals surface area contributed by atoms with Gasteiger partial charge in [-0.1, -0.05) is 30.8 Å². The predicted octanol–water partition coefficient (Wildman–Crippen LogP) is 2.42. The van der Waals surface area contributed by atoms with Crippen molar-refractivity contribution >= 4 is 11.4 Å². The summed E-state index contributed by atoms with van der Waals surface area (Å²) in [5, 5.41) is 3.24. The normalized spacial score (nSPS) is 9.88. The van der Waals surface area contributed by atoms with E-state index in [1.807, 2.05) is 42.6 Å². The monoisotopic (exact) mass is 225 g/mol. The number of para-hydroxylation sites is 1. The van der Waals surface area contributed by atoms with Crippen molar-refractivity contribution in [3.8, 4) is 0 Å². The summed E-state index contributed by atoms with van der Waals surface area (Å²) in [5.74, 6) is 0. The van der Waals surface area contributed by atoms with E-state index < -0.39 is 0 Å². The van der Waals surface area contributed by atoms with Gasteiger partial charge < -0.3 is 11.1 Å². The molecule has 2 rings (SSSR count). The van der Waals surface area contributed by atoms with E-state index in [2.05, 4.69) is 16.9 Å². The molecule has 0 saturated heterocycles. The van der Waals surface area contributed by atoms with Crippen molar-refractivity contribution in [2.45, 2.75) is 6.54 Å². The summed E-state index contributed by atoms with van der Waals surface area (Å²) >= 11 is 0. The van der Waals surface area contributed by atoms with Gasteiger partial charge in [0.25, 0.3) is 0 Å². The smallest absolute Gasteiger partial charge is 0.0416 e. The molecule has 0 bridgehead atoms. The number of rotatable bonds is 4. The molecule has 3 N–H and O–H groups in total. The summed E-state index contributed by atoms with van der Waals surface area (Å²) in [6.45, 7) is 4.68. The Morgan fingerprint density at radius 2 is 2.06 bits per heavy atom. The first-order valence-corrected chi connectivity index (χ1v) is 5.44. The van der Waals surface area contributed by atoms with Gasteiger partial charge >= 0.3 is 0 Å². The first-order valence-electron chi connectivity index (χ1n) is 5.44. The van der Waals surface area contributed by atoms with Gasteiger partial charge in [-0.05, 0) is 17.7 Å². The molecule has 3 nitrogen and oxygen atoms in total. The van der Waals surface area contributed by atoms with Crippen LogP contribution in [-0.4, -0.2) is 4.98 Å². The van der Waals surface area contributed by atoms with Crippen LogP contribution in [0.5, 0.6) is 0 Å². The molecule has 1 heterocycles. The van der Waals surface area contributed by atoms with Gasteiger partial charge in [0.2, 0.25) is 0 Å². The number of anilines is 1. The summed E-state index contributed by atoms with van der Waals surface area (Å²) in [4.78, 5) is 4.06. The molecular formula is C14H15N3. The second-order valence-electron chi connectivity index (χ2n) is 3.78. The Bertz CT molecular complexity index is 506. The first kappa shape index (κ1) is 11.2. The van der Waals surface area contributed by atoms with Gasteiger partial charge in [-0.15, -0.1) is 0 Å². The van der Waals surface area contributed by atoms with Crippen LogP contribution < -0.4 is 11.1 Å². The second kappa shape index (κ2) is 5.16. The highest BCUT2D eigenvalue weighted by molar-refractivity contribution is 5.72. The van der Waals surface area contributed by atoms with Crippen LogP contribution in [0.1, 0.15) is 11.1 Å². The Hall–Kier alpha value is -2.29. The Morgan fingerprint density at radius 1 is 1.24 bits per heavy atom. The summed E-state index contributed by atoms with van der Waals surface area (Å²) < 4.78 is 0. The van der Waals surface area contributed by atoms with Crippen molar-refractivity contribution in [3.63, 3.8) is 0 Å². The van der Waals surface area contributed by atoms with Gasteiger partial charge in [-0.2, -0.15) is 0 Å².